The van der Waals surface area contributed by atoms with Gasteiger partial charge in [-0.2, -0.15) is 0 Å². The first-order valence-electron chi connectivity index (χ1n) is 5.12. The first-order valence-corrected chi connectivity index (χ1v) is 5.12. The summed E-state index contributed by atoms with van der Waals surface area (Å²) in [5.74, 6) is 0.132. The Bertz CT molecular complexity index is 153. The number of likely N-dealkylation sites (tertiary alicyclic amines) is 1. The number of carbonyl (C=O) groups excluding carboxylic acids is 1. The molecule has 0 aromatic rings. The number of amides is 1. The van der Waals surface area contributed by atoms with Crippen LogP contribution in [-0.4, -0.2) is 30.4 Å². The average Bonchev–Trinajstić information content (AvgIpc) is 2.17. The van der Waals surface area contributed by atoms with Crippen LogP contribution in [0.25, 0.3) is 0 Å². The van der Waals surface area contributed by atoms with Crippen LogP contribution in [-0.2, 0) is 4.79 Å². The van der Waals surface area contributed by atoms with E-state index in [1.54, 1.807) is 6.54 Å². The van der Waals surface area contributed by atoms with Crippen LogP contribution in [0.2, 0.25) is 0 Å². The Labute approximate surface area is 80.5 Å². The molecule has 1 rings (SSSR count). The molecule has 0 saturated carbocycles. The average molecular weight is 183 g/mol. The number of piperidine rings is 1. The maximum absolute atomic E-state index is 11.1. The third-order valence-corrected chi connectivity index (χ3v) is 2.41. The molecule has 1 saturated heterocycles. The standard InChI is InChI=1S/C10H19N2O/c1-2-11-10(13)6-9-12-7-4-3-5-8-12/h2H,3-9H2,1H3,(H,11,13). The van der Waals surface area contributed by atoms with Gasteiger partial charge in [-0.15, -0.1) is 0 Å². The van der Waals surface area contributed by atoms with Crippen LogP contribution in [0.3, 0.4) is 0 Å². The third kappa shape index (κ3) is 4.27. The third-order valence-electron chi connectivity index (χ3n) is 2.41. The topological polar surface area (TPSA) is 32.3 Å². The Kier molecular flexibility index (Phi) is 4.83. The van der Waals surface area contributed by atoms with Crippen LogP contribution in [0.4, 0.5) is 0 Å². The number of carbonyl (C=O) groups is 1. The van der Waals surface area contributed by atoms with Gasteiger partial charge >= 0.3 is 0 Å². The lowest BCUT2D eigenvalue weighted by Crippen LogP contribution is -2.33. The molecule has 1 radical (unpaired) electrons. The molecule has 3 heteroatoms. The molecule has 1 fully saturated rings. The van der Waals surface area contributed by atoms with Crippen molar-refractivity contribution in [2.75, 3.05) is 19.6 Å². The van der Waals surface area contributed by atoms with Gasteiger partial charge in [0.25, 0.3) is 0 Å². The molecule has 0 aromatic carbocycles. The SMILES string of the molecule is C[CH]NC(=O)CCN1CCCCC1. The van der Waals surface area contributed by atoms with Gasteiger partial charge in [-0.25, -0.2) is 0 Å². The van der Waals surface area contributed by atoms with E-state index in [0.717, 1.165) is 6.54 Å². The van der Waals surface area contributed by atoms with E-state index in [4.69, 9.17) is 0 Å². The Balaban J connectivity index is 2.06. The van der Waals surface area contributed by atoms with Gasteiger partial charge in [-0.05, 0) is 32.9 Å². The number of nitrogens with zero attached hydrogens (tertiary/aromatic N) is 1. The molecule has 0 atom stereocenters. The molecule has 0 bridgehead atoms. The van der Waals surface area contributed by atoms with Crippen LogP contribution in [0, 0.1) is 6.54 Å². The van der Waals surface area contributed by atoms with Gasteiger partial charge in [0.2, 0.25) is 5.91 Å². The smallest absolute Gasteiger partial charge is 0.221 e. The first-order chi connectivity index (χ1) is 6.33. The van der Waals surface area contributed by atoms with Gasteiger partial charge in [0.1, 0.15) is 0 Å². The largest absolute Gasteiger partial charge is 0.352 e. The minimum Gasteiger partial charge on any atom is -0.352 e. The van der Waals surface area contributed by atoms with Crippen molar-refractivity contribution in [2.24, 2.45) is 0 Å². The van der Waals surface area contributed by atoms with Crippen molar-refractivity contribution in [3.05, 3.63) is 6.54 Å². The minimum atomic E-state index is 0.132. The molecule has 75 valence electrons. The molecule has 13 heavy (non-hydrogen) atoms. The lowest BCUT2D eigenvalue weighted by atomic mass is 10.1. The van der Waals surface area contributed by atoms with E-state index in [0.29, 0.717) is 6.42 Å². The zero-order chi connectivity index (χ0) is 9.52. The van der Waals surface area contributed by atoms with E-state index in [-0.39, 0.29) is 5.91 Å². The summed E-state index contributed by atoms with van der Waals surface area (Å²) in [6, 6.07) is 0. The second kappa shape index (κ2) is 5.97. The van der Waals surface area contributed by atoms with Gasteiger partial charge in [0, 0.05) is 19.5 Å². The van der Waals surface area contributed by atoms with Crippen LogP contribution in [0.1, 0.15) is 32.6 Å². The van der Waals surface area contributed by atoms with E-state index in [9.17, 15) is 4.79 Å². The molecule has 1 amide bonds. The number of hydrogen-bond donors (Lipinski definition) is 1. The molecule has 0 aromatic heterocycles. The fourth-order valence-corrected chi connectivity index (χ4v) is 1.68. The Hall–Kier alpha value is -0.570. The summed E-state index contributed by atoms with van der Waals surface area (Å²) in [5.41, 5.74) is 0. The van der Waals surface area contributed by atoms with E-state index >= 15 is 0 Å². The van der Waals surface area contributed by atoms with E-state index in [2.05, 4.69) is 10.2 Å². The maximum Gasteiger partial charge on any atom is 0.221 e. The van der Waals surface area contributed by atoms with E-state index < -0.39 is 0 Å². The summed E-state index contributed by atoms with van der Waals surface area (Å²) in [6.45, 7) is 6.78. The lowest BCUT2D eigenvalue weighted by molar-refractivity contribution is -0.120. The fourth-order valence-electron chi connectivity index (χ4n) is 1.68. The van der Waals surface area contributed by atoms with E-state index in [1.165, 1.54) is 32.4 Å². The summed E-state index contributed by atoms with van der Waals surface area (Å²) in [5, 5.41) is 2.69. The van der Waals surface area contributed by atoms with Crippen molar-refractivity contribution in [3.8, 4) is 0 Å². The van der Waals surface area contributed by atoms with Crippen LogP contribution >= 0.6 is 0 Å². The van der Waals surface area contributed by atoms with Crippen molar-refractivity contribution in [1.29, 1.82) is 0 Å². The summed E-state index contributed by atoms with van der Waals surface area (Å²) in [6.07, 6.45) is 4.57. The van der Waals surface area contributed by atoms with Crippen molar-refractivity contribution in [3.63, 3.8) is 0 Å². The second-order valence-electron chi connectivity index (χ2n) is 3.51. The zero-order valence-electron chi connectivity index (χ0n) is 8.38. The fraction of sp³-hybridized carbons (Fsp3) is 0.800. The minimum absolute atomic E-state index is 0.132. The lowest BCUT2D eigenvalue weighted by Gasteiger charge is -2.25. The van der Waals surface area contributed by atoms with Crippen molar-refractivity contribution >= 4 is 5.91 Å². The molecule has 1 N–H and O–H groups in total. The number of hydrogen-bond acceptors (Lipinski definition) is 2. The Morgan fingerprint density at radius 2 is 2.08 bits per heavy atom. The maximum atomic E-state index is 11.1. The van der Waals surface area contributed by atoms with Crippen LogP contribution < -0.4 is 5.32 Å². The Morgan fingerprint density at radius 3 is 2.69 bits per heavy atom. The van der Waals surface area contributed by atoms with Crippen LogP contribution in [0.15, 0.2) is 0 Å². The number of rotatable bonds is 4. The van der Waals surface area contributed by atoms with Gasteiger partial charge < -0.3 is 10.2 Å². The molecule has 0 spiro atoms. The first kappa shape index (κ1) is 10.5. The molecule has 0 unspecified atom stereocenters. The van der Waals surface area contributed by atoms with E-state index in [1.807, 2.05) is 6.92 Å². The second-order valence-corrected chi connectivity index (χ2v) is 3.51. The predicted molar refractivity (Wildman–Crippen MR) is 53.0 cm³/mol. The summed E-state index contributed by atoms with van der Waals surface area (Å²) >= 11 is 0. The van der Waals surface area contributed by atoms with Gasteiger partial charge in [-0.1, -0.05) is 6.42 Å². The molecule has 0 aliphatic carbocycles. The predicted octanol–water partition coefficient (Wildman–Crippen LogP) is 1.16. The summed E-state index contributed by atoms with van der Waals surface area (Å²) in [7, 11) is 0. The van der Waals surface area contributed by atoms with Crippen molar-refractivity contribution < 1.29 is 4.79 Å². The molecule has 3 nitrogen and oxygen atoms in total. The Morgan fingerprint density at radius 1 is 1.38 bits per heavy atom. The quantitative estimate of drug-likeness (QED) is 0.709. The highest BCUT2D eigenvalue weighted by Gasteiger charge is 2.10. The summed E-state index contributed by atoms with van der Waals surface area (Å²) < 4.78 is 0. The monoisotopic (exact) mass is 183 g/mol. The highest BCUT2D eigenvalue weighted by molar-refractivity contribution is 5.76. The molecule has 1 aliphatic heterocycles. The van der Waals surface area contributed by atoms with Crippen molar-refractivity contribution in [1.82, 2.24) is 10.2 Å². The van der Waals surface area contributed by atoms with Gasteiger partial charge in [-0.3, -0.25) is 4.79 Å². The molecular weight excluding hydrogens is 164 g/mol. The summed E-state index contributed by atoms with van der Waals surface area (Å²) in [4.78, 5) is 13.5. The molecule has 1 heterocycles. The number of nitrogens with one attached hydrogen (secondary N) is 1. The van der Waals surface area contributed by atoms with Gasteiger partial charge in [0.15, 0.2) is 0 Å². The van der Waals surface area contributed by atoms with Gasteiger partial charge in [0.05, 0.1) is 0 Å². The molecular formula is C10H19N2O. The van der Waals surface area contributed by atoms with Crippen molar-refractivity contribution in [2.45, 2.75) is 32.6 Å². The zero-order valence-corrected chi connectivity index (χ0v) is 8.38. The molecule has 1 aliphatic rings. The highest BCUT2D eigenvalue weighted by atomic mass is 16.1. The normalized spacial score (nSPS) is 18.5. The van der Waals surface area contributed by atoms with Crippen LogP contribution in [0.5, 0.6) is 0 Å². The highest BCUT2D eigenvalue weighted by Crippen LogP contribution is 2.08.